The fourth-order valence-electron chi connectivity index (χ4n) is 1.07. The average Bonchev–Trinajstić information content (AvgIpc) is 2.26. The molecule has 0 saturated carbocycles. The van der Waals surface area contributed by atoms with E-state index in [1.807, 2.05) is 0 Å². The van der Waals surface area contributed by atoms with Crippen LogP contribution < -0.4 is 4.74 Å². The lowest BCUT2D eigenvalue weighted by atomic mass is 10.2. The molecule has 1 rings (SSSR count). The lowest BCUT2D eigenvalue weighted by Crippen LogP contribution is -2.13. The number of carbonyl (C=O) groups excluding carboxylic acids is 1. The summed E-state index contributed by atoms with van der Waals surface area (Å²) in [5.41, 5.74) is 0.443. The molecular weight excluding hydrogens is 276 g/mol. The van der Waals surface area contributed by atoms with E-state index < -0.39 is 12.1 Å². The van der Waals surface area contributed by atoms with Crippen LogP contribution in [0, 0.1) is 0 Å². The van der Waals surface area contributed by atoms with Gasteiger partial charge in [0.1, 0.15) is 12.4 Å². The summed E-state index contributed by atoms with van der Waals surface area (Å²) in [4.78, 5) is 11.2. The first-order valence-corrected chi connectivity index (χ1v) is 5.52. The number of carbonyl (C=O) groups is 1. The van der Waals surface area contributed by atoms with E-state index in [-0.39, 0.29) is 6.61 Å². The quantitative estimate of drug-likeness (QED) is 0.861. The molecule has 0 amide bonds. The molecule has 0 fully saturated rings. The Bertz CT molecular complexity index is 376. The molecule has 1 atom stereocenters. The van der Waals surface area contributed by atoms with Crippen molar-refractivity contribution in [1.29, 1.82) is 0 Å². The molecule has 0 bridgehead atoms. The Labute approximate surface area is 102 Å². The van der Waals surface area contributed by atoms with Gasteiger partial charge in [-0.25, -0.2) is 4.79 Å². The smallest absolute Gasteiger partial charge is 0.337 e. The number of hydrogen-bond donors (Lipinski definition) is 1. The van der Waals surface area contributed by atoms with Crippen molar-refractivity contribution in [2.24, 2.45) is 0 Å². The summed E-state index contributed by atoms with van der Waals surface area (Å²) in [5.74, 6) is 0.177. The van der Waals surface area contributed by atoms with Crippen molar-refractivity contribution in [3.05, 3.63) is 28.2 Å². The molecule has 1 aromatic rings. The minimum absolute atomic E-state index is 0.205. The number of aliphatic hydroxyl groups is 1. The second-order valence-corrected chi connectivity index (χ2v) is 4.15. The van der Waals surface area contributed by atoms with Crippen LogP contribution in [0.25, 0.3) is 0 Å². The predicted molar refractivity (Wildman–Crippen MR) is 62.7 cm³/mol. The summed E-state index contributed by atoms with van der Waals surface area (Å²) >= 11 is 3.28. The number of halogens is 1. The van der Waals surface area contributed by atoms with Gasteiger partial charge in [-0.15, -0.1) is 0 Å². The zero-order chi connectivity index (χ0) is 12.1. The molecule has 0 radical (unpaired) electrons. The van der Waals surface area contributed by atoms with Crippen LogP contribution in [-0.2, 0) is 4.74 Å². The highest BCUT2D eigenvalue weighted by molar-refractivity contribution is 9.10. The largest absolute Gasteiger partial charge is 0.490 e. The third-order valence-electron chi connectivity index (χ3n) is 1.83. The van der Waals surface area contributed by atoms with Gasteiger partial charge in [0.2, 0.25) is 0 Å². The van der Waals surface area contributed by atoms with E-state index in [9.17, 15) is 4.79 Å². The second kappa shape index (κ2) is 5.86. The molecule has 0 saturated heterocycles. The van der Waals surface area contributed by atoms with Gasteiger partial charge in [-0.2, -0.15) is 0 Å². The van der Waals surface area contributed by atoms with Crippen LogP contribution in [-0.4, -0.2) is 30.9 Å². The Morgan fingerprint density at radius 3 is 2.75 bits per heavy atom. The summed E-state index contributed by atoms with van der Waals surface area (Å²) in [5, 5.41) is 9.07. The highest BCUT2D eigenvalue weighted by atomic mass is 79.9. The van der Waals surface area contributed by atoms with Gasteiger partial charge in [-0.3, -0.25) is 0 Å². The maximum atomic E-state index is 11.2. The minimum Gasteiger partial charge on any atom is -0.490 e. The van der Waals surface area contributed by atoms with Gasteiger partial charge in [0, 0.05) is 0 Å². The van der Waals surface area contributed by atoms with E-state index in [2.05, 4.69) is 20.7 Å². The first-order chi connectivity index (χ1) is 7.54. The zero-order valence-electron chi connectivity index (χ0n) is 9.07. The fourth-order valence-corrected chi connectivity index (χ4v) is 1.57. The summed E-state index contributed by atoms with van der Waals surface area (Å²) in [6.45, 7) is 1.84. The third-order valence-corrected chi connectivity index (χ3v) is 2.45. The standard InChI is InChI=1S/C11H13BrO4/c1-7(13)6-16-10-4-3-8(5-9(10)12)11(14)15-2/h3-5,7,13H,6H2,1-2H3/t7-/m0/s1. The molecule has 0 spiro atoms. The van der Waals surface area contributed by atoms with E-state index in [4.69, 9.17) is 9.84 Å². The highest BCUT2D eigenvalue weighted by Gasteiger charge is 2.09. The SMILES string of the molecule is COC(=O)c1ccc(OC[C@H](C)O)c(Br)c1. The normalized spacial score (nSPS) is 12.0. The number of ether oxygens (including phenoxy) is 2. The number of hydrogen-bond acceptors (Lipinski definition) is 4. The fraction of sp³-hybridized carbons (Fsp3) is 0.364. The van der Waals surface area contributed by atoms with Crippen molar-refractivity contribution in [2.75, 3.05) is 13.7 Å². The average molecular weight is 289 g/mol. The molecular formula is C11H13BrO4. The van der Waals surface area contributed by atoms with Crippen molar-refractivity contribution in [3.63, 3.8) is 0 Å². The molecule has 0 aliphatic carbocycles. The molecule has 0 unspecified atom stereocenters. The van der Waals surface area contributed by atoms with Gasteiger partial charge in [-0.05, 0) is 41.1 Å². The van der Waals surface area contributed by atoms with E-state index >= 15 is 0 Å². The van der Waals surface area contributed by atoms with E-state index in [0.717, 1.165) is 0 Å². The van der Waals surface area contributed by atoms with Gasteiger partial charge in [0.05, 0.1) is 23.2 Å². The molecule has 1 N–H and O–H groups in total. The number of aliphatic hydroxyl groups excluding tert-OH is 1. The Balaban J connectivity index is 2.79. The molecule has 1 aromatic carbocycles. The second-order valence-electron chi connectivity index (χ2n) is 3.30. The van der Waals surface area contributed by atoms with Crippen LogP contribution in [0.2, 0.25) is 0 Å². The van der Waals surface area contributed by atoms with Crippen molar-refractivity contribution in [3.8, 4) is 5.75 Å². The molecule has 4 nitrogen and oxygen atoms in total. The molecule has 0 aliphatic rings. The Morgan fingerprint density at radius 1 is 1.56 bits per heavy atom. The van der Waals surface area contributed by atoms with Gasteiger partial charge in [0.15, 0.2) is 0 Å². The van der Waals surface area contributed by atoms with Crippen molar-refractivity contribution >= 4 is 21.9 Å². The molecule has 16 heavy (non-hydrogen) atoms. The van der Waals surface area contributed by atoms with Crippen molar-refractivity contribution in [2.45, 2.75) is 13.0 Å². The predicted octanol–water partition coefficient (Wildman–Crippen LogP) is 2.00. The summed E-state index contributed by atoms with van der Waals surface area (Å²) < 4.78 is 10.6. The zero-order valence-corrected chi connectivity index (χ0v) is 10.7. The van der Waals surface area contributed by atoms with Crippen LogP contribution in [0.15, 0.2) is 22.7 Å². The summed E-state index contributed by atoms with van der Waals surface area (Å²) in [6.07, 6.45) is -0.535. The molecule has 0 aromatic heterocycles. The Kier molecular flexibility index (Phi) is 4.76. The van der Waals surface area contributed by atoms with Gasteiger partial charge in [-0.1, -0.05) is 0 Å². The highest BCUT2D eigenvalue weighted by Crippen LogP contribution is 2.26. The minimum atomic E-state index is -0.535. The van der Waals surface area contributed by atoms with Crippen molar-refractivity contribution in [1.82, 2.24) is 0 Å². The molecule has 0 heterocycles. The number of methoxy groups -OCH3 is 1. The van der Waals surface area contributed by atoms with E-state index in [0.29, 0.717) is 15.8 Å². The van der Waals surface area contributed by atoms with Crippen LogP contribution in [0.5, 0.6) is 5.75 Å². The van der Waals surface area contributed by atoms with E-state index in [1.54, 1.807) is 25.1 Å². The summed E-state index contributed by atoms with van der Waals surface area (Å²) in [6, 6.07) is 4.87. The van der Waals surface area contributed by atoms with Crippen LogP contribution >= 0.6 is 15.9 Å². The number of benzene rings is 1. The molecule has 0 aliphatic heterocycles. The van der Waals surface area contributed by atoms with Gasteiger partial charge >= 0.3 is 5.97 Å². The van der Waals surface area contributed by atoms with Crippen molar-refractivity contribution < 1.29 is 19.4 Å². The van der Waals surface area contributed by atoms with Gasteiger partial charge < -0.3 is 14.6 Å². The van der Waals surface area contributed by atoms with Crippen LogP contribution in [0.1, 0.15) is 17.3 Å². The maximum absolute atomic E-state index is 11.2. The lowest BCUT2D eigenvalue weighted by Gasteiger charge is -2.10. The van der Waals surface area contributed by atoms with E-state index in [1.165, 1.54) is 7.11 Å². The van der Waals surface area contributed by atoms with Crippen LogP contribution in [0.3, 0.4) is 0 Å². The Morgan fingerprint density at radius 2 is 2.25 bits per heavy atom. The van der Waals surface area contributed by atoms with Crippen LogP contribution in [0.4, 0.5) is 0 Å². The monoisotopic (exact) mass is 288 g/mol. The molecule has 5 heteroatoms. The topological polar surface area (TPSA) is 55.8 Å². The number of rotatable bonds is 4. The lowest BCUT2D eigenvalue weighted by molar-refractivity contribution is 0.0600. The summed E-state index contributed by atoms with van der Waals surface area (Å²) in [7, 11) is 1.33. The number of esters is 1. The molecule has 88 valence electrons. The Hall–Kier alpha value is -1.07. The first kappa shape index (κ1) is 13.0. The van der Waals surface area contributed by atoms with Gasteiger partial charge in [0.25, 0.3) is 0 Å². The maximum Gasteiger partial charge on any atom is 0.337 e. The third kappa shape index (κ3) is 3.50. The first-order valence-electron chi connectivity index (χ1n) is 4.73.